The van der Waals surface area contributed by atoms with Crippen molar-refractivity contribution in [1.29, 1.82) is 0 Å². The molecule has 2 spiro atoms. The number of aromatic nitrogens is 3. The van der Waals surface area contributed by atoms with Gasteiger partial charge in [-0.1, -0.05) is 84.0 Å². The van der Waals surface area contributed by atoms with E-state index in [0.29, 0.717) is 44.7 Å². The molecule has 4 aliphatic heterocycles. The number of aliphatic hydroxyl groups excluding tert-OH is 1. The molecule has 0 radical (unpaired) electrons. The van der Waals surface area contributed by atoms with E-state index in [0.717, 1.165) is 54.1 Å². The summed E-state index contributed by atoms with van der Waals surface area (Å²) in [6.07, 6.45) is 9.49. The number of carbonyl (C=O) groups excluding carboxylic acids is 2. The highest BCUT2D eigenvalue weighted by Gasteiger charge is 2.66. The average molecular weight is 858 g/mol. The summed E-state index contributed by atoms with van der Waals surface area (Å²) < 4.78 is 9.04. The van der Waals surface area contributed by atoms with Crippen molar-refractivity contribution >= 4 is 37.2 Å². The van der Waals surface area contributed by atoms with E-state index in [1.165, 1.54) is 11.1 Å². The molecule has 1 aromatic heterocycles. The molecule has 1 unspecified atom stereocenters. The Bertz CT molecular complexity index is 2300. The van der Waals surface area contributed by atoms with Crippen LogP contribution >= 0.6 is 0 Å². The molecule has 5 atom stereocenters. The van der Waals surface area contributed by atoms with Gasteiger partial charge in [-0.15, -0.1) is 5.10 Å². The SMILES string of the molecule is CC(C)=CCC/C(C)=C/CN1C(=O)[C@@]2(O[C@@H](CCn3cc(C(CO)c4ccccc4)nn3)[C@H]([Si](C)(C)O)[C@H]2C)c2cc(N3CN(c4ccccc4)C4(CCNCC4)C3=O)ccc21. The first-order valence-corrected chi connectivity index (χ1v) is 25.4. The number of ether oxygens (including phenoxy) is 1. The van der Waals surface area contributed by atoms with Crippen molar-refractivity contribution in [3.8, 4) is 0 Å². The maximum absolute atomic E-state index is 15.4. The van der Waals surface area contributed by atoms with Gasteiger partial charge in [-0.2, -0.15) is 0 Å². The number of benzene rings is 3. The van der Waals surface area contributed by atoms with Crippen LogP contribution in [-0.4, -0.2) is 89.6 Å². The van der Waals surface area contributed by atoms with Gasteiger partial charge in [0.1, 0.15) is 5.54 Å². The molecule has 328 valence electrons. The number of hydrogen-bond donors (Lipinski definition) is 3. The van der Waals surface area contributed by atoms with Crippen LogP contribution in [0.5, 0.6) is 0 Å². The van der Waals surface area contributed by atoms with Gasteiger partial charge in [-0.05, 0) is 115 Å². The number of piperidine rings is 1. The quantitative estimate of drug-likeness (QED) is 0.0885. The smallest absolute Gasteiger partial charge is 0.264 e. The summed E-state index contributed by atoms with van der Waals surface area (Å²) in [6, 6.07) is 26.0. The van der Waals surface area contributed by atoms with E-state index in [1.54, 1.807) is 4.68 Å². The highest BCUT2D eigenvalue weighted by molar-refractivity contribution is 6.71. The second-order valence-electron chi connectivity index (χ2n) is 18.6. The largest absolute Gasteiger partial charge is 0.432 e. The van der Waals surface area contributed by atoms with Crippen molar-refractivity contribution in [2.24, 2.45) is 5.92 Å². The molecule has 8 rings (SSSR count). The fourth-order valence-corrected chi connectivity index (χ4v) is 13.3. The van der Waals surface area contributed by atoms with Gasteiger partial charge in [-0.3, -0.25) is 19.2 Å². The topological polar surface area (TPSA) is 136 Å². The molecule has 12 nitrogen and oxygen atoms in total. The van der Waals surface area contributed by atoms with Crippen molar-refractivity contribution in [2.75, 3.05) is 47.6 Å². The van der Waals surface area contributed by atoms with Crippen LogP contribution in [0.25, 0.3) is 0 Å². The van der Waals surface area contributed by atoms with E-state index >= 15 is 4.79 Å². The summed E-state index contributed by atoms with van der Waals surface area (Å²) in [5.41, 5.74) is 5.03. The fourth-order valence-electron chi connectivity index (χ4n) is 10.7. The van der Waals surface area contributed by atoms with Crippen LogP contribution in [0.1, 0.15) is 82.5 Å². The lowest BCUT2D eigenvalue weighted by Gasteiger charge is -2.39. The van der Waals surface area contributed by atoms with Gasteiger partial charge in [0.05, 0.1) is 36.7 Å². The number of carbonyl (C=O) groups is 2. The van der Waals surface area contributed by atoms with Crippen LogP contribution in [-0.2, 0) is 26.5 Å². The second-order valence-corrected chi connectivity index (χ2v) is 22.6. The molecule has 0 aliphatic carbocycles. The van der Waals surface area contributed by atoms with Gasteiger partial charge in [0.25, 0.3) is 11.8 Å². The minimum atomic E-state index is -2.97. The van der Waals surface area contributed by atoms with Crippen molar-refractivity contribution in [2.45, 2.75) is 108 Å². The zero-order valence-corrected chi connectivity index (χ0v) is 38.1. The van der Waals surface area contributed by atoms with Crippen molar-refractivity contribution in [3.05, 3.63) is 125 Å². The average Bonchev–Trinajstić information content (AvgIpc) is 3.98. The Balaban J connectivity index is 1.15. The Kier molecular flexibility index (Phi) is 12.5. The summed E-state index contributed by atoms with van der Waals surface area (Å²) in [4.78, 5) is 48.3. The Morgan fingerprint density at radius 3 is 2.35 bits per heavy atom. The third-order valence-corrected chi connectivity index (χ3v) is 16.4. The number of aliphatic hydroxyl groups is 1. The predicted octanol–water partition coefficient (Wildman–Crippen LogP) is 7.26. The molecule has 0 saturated carbocycles. The first-order valence-electron chi connectivity index (χ1n) is 22.4. The van der Waals surface area contributed by atoms with Gasteiger partial charge in [0, 0.05) is 47.7 Å². The first kappa shape index (κ1) is 43.7. The summed E-state index contributed by atoms with van der Waals surface area (Å²) in [6.45, 7) is 14.9. The number of allylic oxidation sites excluding steroid dienone is 3. The molecule has 2 amide bonds. The molecule has 4 aliphatic rings. The molecular formula is C49H63N7O5Si. The van der Waals surface area contributed by atoms with Crippen LogP contribution in [0.3, 0.4) is 0 Å². The summed E-state index contributed by atoms with van der Waals surface area (Å²) in [7, 11) is -2.97. The van der Waals surface area contributed by atoms with Gasteiger partial charge < -0.3 is 29.8 Å². The third-order valence-electron chi connectivity index (χ3n) is 13.9. The second kappa shape index (κ2) is 17.7. The highest BCUT2D eigenvalue weighted by Crippen LogP contribution is 2.60. The van der Waals surface area contributed by atoms with E-state index in [1.807, 2.05) is 95.8 Å². The minimum absolute atomic E-state index is 0.0656. The molecule has 3 aromatic carbocycles. The van der Waals surface area contributed by atoms with Crippen molar-refractivity contribution < 1.29 is 24.2 Å². The van der Waals surface area contributed by atoms with Crippen molar-refractivity contribution in [1.82, 2.24) is 20.3 Å². The molecule has 0 bridgehead atoms. The van der Waals surface area contributed by atoms with E-state index in [9.17, 15) is 14.7 Å². The fraction of sp³-hybridized carbons (Fsp3) is 0.469. The Morgan fingerprint density at radius 2 is 1.68 bits per heavy atom. The van der Waals surface area contributed by atoms with Crippen LogP contribution < -0.4 is 20.0 Å². The summed E-state index contributed by atoms with van der Waals surface area (Å²) in [5, 5.41) is 22.7. The van der Waals surface area contributed by atoms with Gasteiger partial charge in [0.2, 0.25) is 0 Å². The lowest BCUT2D eigenvalue weighted by Crippen LogP contribution is -2.55. The zero-order valence-electron chi connectivity index (χ0n) is 37.1. The van der Waals surface area contributed by atoms with Gasteiger partial charge in [0.15, 0.2) is 13.9 Å². The number of hydrogen-bond acceptors (Lipinski definition) is 9. The molecule has 3 fully saturated rings. The maximum Gasteiger partial charge on any atom is 0.264 e. The van der Waals surface area contributed by atoms with Gasteiger partial charge >= 0.3 is 0 Å². The summed E-state index contributed by atoms with van der Waals surface area (Å²) in [5.74, 6) is -0.753. The number of anilines is 3. The highest BCUT2D eigenvalue weighted by atomic mass is 28.4. The predicted molar refractivity (Wildman–Crippen MR) is 247 cm³/mol. The monoisotopic (exact) mass is 857 g/mol. The van der Waals surface area contributed by atoms with Crippen LogP contribution in [0, 0.1) is 5.92 Å². The van der Waals surface area contributed by atoms with E-state index < -0.39 is 25.6 Å². The zero-order chi connectivity index (χ0) is 43.8. The van der Waals surface area contributed by atoms with Crippen LogP contribution in [0.2, 0.25) is 18.6 Å². The Labute approximate surface area is 367 Å². The van der Waals surface area contributed by atoms with E-state index in [4.69, 9.17) is 4.74 Å². The number of fused-ring (bicyclic) bond motifs is 2. The number of rotatable bonds is 14. The lowest BCUT2D eigenvalue weighted by atomic mass is 9.82. The van der Waals surface area contributed by atoms with Crippen molar-refractivity contribution in [3.63, 3.8) is 0 Å². The van der Waals surface area contributed by atoms with E-state index in [-0.39, 0.29) is 35.8 Å². The summed E-state index contributed by atoms with van der Waals surface area (Å²) >= 11 is 0. The van der Waals surface area contributed by atoms with Crippen LogP contribution in [0.15, 0.2) is 108 Å². The number of nitrogens with zero attached hydrogens (tertiary/aromatic N) is 6. The maximum atomic E-state index is 15.4. The number of nitrogens with one attached hydrogen (secondary N) is 1. The molecule has 13 heteroatoms. The third kappa shape index (κ3) is 7.98. The van der Waals surface area contributed by atoms with Gasteiger partial charge in [-0.25, -0.2) is 0 Å². The van der Waals surface area contributed by atoms with Crippen LogP contribution in [0.4, 0.5) is 17.1 Å². The standard InChI is InChI=1S/C49H63N7O5Si/c1-34(2)14-13-15-35(3)22-29-54-43-21-20-39(55-33-56(38-18-11-8-12-19-38)48(46(55)58)24-26-50-27-25-48)30-41(43)49(47(54)59)36(4)45(62(5,6)60)44(61-49)23-28-53-31-42(51-52-53)40(32-57)37-16-9-7-10-17-37/h7-12,14,16-22,30-31,36,40,44-45,50,57,60H,13,15,23-29,32-33H2,1-6H3/b35-22+/t36-,40?,44+,45-,49+/m1/s1. The molecule has 4 aromatic rings. The molecule has 3 saturated heterocycles. The van der Waals surface area contributed by atoms with E-state index in [2.05, 4.69) is 72.5 Å². The Hall–Kier alpha value is -4.92. The number of para-hydroxylation sites is 1. The first-order chi connectivity index (χ1) is 29.8. The minimum Gasteiger partial charge on any atom is -0.432 e. The molecular weight excluding hydrogens is 795 g/mol. The Morgan fingerprint density at radius 1 is 0.968 bits per heavy atom. The normalized spacial score (nSPS) is 24.1. The lowest BCUT2D eigenvalue weighted by molar-refractivity contribution is -0.145. The number of amides is 2. The molecule has 3 N–H and O–H groups in total. The number of aryl methyl sites for hydroxylation is 1. The molecule has 62 heavy (non-hydrogen) atoms. The molecule has 5 heterocycles.